The lowest BCUT2D eigenvalue weighted by molar-refractivity contribution is -0.118. The summed E-state index contributed by atoms with van der Waals surface area (Å²) in [6.45, 7) is 5.21. The molecule has 1 amide bonds. The maximum Gasteiger partial charge on any atom is 0.262 e. The Labute approximate surface area is 222 Å². The van der Waals surface area contributed by atoms with Crippen LogP contribution in [0.4, 0.5) is 11.4 Å². The van der Waals surface area contributed by atoms with Crippen LogP contribution < -0.4 is 24.4 Å². The van der Waals surface area contributed by atoms with E-state index in [1.807, 2.05) is 43.3 Å². The van der Waals surface area contributed by atoms with Crippen LogP contribution in [0.15, 0.2) is 72.8 Å². The van der Waals surface area contributed by atoms with Crippen LogP contribution in [0.5, 0.6) is 17.2 Å². The van der Waals surface area contributed by atoms with E-state index < -0.39 is 0 Å². The number of hydrogen-bond donors (Lipinski definition) is 1. The molecule has 0 atom stereocenters. The number of ether oxygens (including phenoxy) is 4. The molecule has 1 N–H and O–H groups in total. The van der Waals surface area contributed by atoms with Crippen molar-refractivity contribution in [3.63, 3.8) is 0 Å². The number of ketones is 1. The molecule has 3 aromatic rings. The van der Waals surface area contributed by atoms with Crippen molar-refractivity contribution >= 4 is 29.1 Å². The Bertz CT molecular complexity index is 1270. The number of rotatable bonds is 11. The molecule has 8 heteroatoms. The standard InChI is InChI=1S/C30H32N2O6/c1-3-37-29-20-22(8-14-26(33)23-10-12-24(13-11-23)32-16-18-36-19-17-32)9-15-28(29)38-21-30(34)31-25-6-4-5-7-27(25)35-2/h4-15,20H,3,16-19,21H2,1-2H3,(H,31,34)/b14-8+. The lowest BCUT2D eigenvalue weighted by Gasteiger charge is -2.28. The highest BCUT2D eigenvalue weighted by atomic mass is 16.5. The number of carbonyl (C=O) groups excluding carboxylic acids is 2. The third-order valence-electron chi connectivity index (χ3n) is 5.96. The van der Waals surface area contributed by atoms with Gasteiger partial charge in [-0.2, -0.15) is 0 Å². The third kappa shape index (κ3) is 7.14. The van der Waals surface area contributed by atoms with Gasteiger partial charge in [0.1, 0.15) is 5.75 Å². The Morgan fingerprint density at radius 1 is 0.947 bits per heavy atom. The summed E-state index contributed by atoms with van der Waals surface area (Å²) in [4.78, 5) is 27.4. The van der Waals surface area contributed by atoms with Gasteiger partial charge >= 0.3 is 0 Å². The number of anilines is 2. The molecule has 0 bridgehead atoms. The van der Waals surface area contributed by atoms with E-state index in [9.17, 15) is 9.59 Å². The first-order chi connectivity index (χ1) is 18.6. The van der Waals surface area contributed by atoms with Crippen molar-refractivity contribution in [2.45, 2.75) is 6.92 Å². The Balaban J connectivity index is 1.37. The van der Waals surface area contributed by atoms with Gasteiger partial charge in [-0.25, -0.2) is 0 Å². The Morgan fingerprint density at radius 3 is 2.45 bits per heavy atom. The second-order valence-electron chi connectivity index (χ2n) is 8.52. The van der Waals surface area contributed by atoms with Crippen LogP contribution in [0.2, 0.25) is 0 Å². The normalized spacial score (nSPS) is 13.3. The van der Waals surface area contributed by atoms with Crippen LogP contribution in [0.25, 0.3) is 6.08 Å². The second kappa shape index (κ2) is 13.3. The molecule has 4 rings (SSSR count). The molecular formula is C30H32N2O6. The topological polar surface area (TPSA) is 86.3 Å². The van der Waals surface area contributed by atoms with E-state index in [1.165, 1.54) is 6.08 Å². The molecule has 38 heavy (non-hydrogen) atoms. The summed E-state index contributed by atoms with van der Waals surface area (Å²) in [5.74, 6) is 1.07. The third-order valence-corrected chi connectivity index (χ3v) is 5.96. The maximum atomic E-state index is 12.7. The van der Waals surface area contributed by atoms with Crippen molar-refractivity contribution in [3.05, 3.63) is 83.9 Å². The molecule has 0 aromatic heterocycles. The Hall–Kier alpha value is -4.30. The molecule has 0 radical (unpaired) electrons. The Morgan fingerprint density at radius 2 is 1.71 bits per heavy atom. The van der Waals surface area contributed by atoms with Crippen LogP contribution in [0.3, 0.4) is 0 Å². The monoisotopic (exact) mass is 516 g/mol. The second-order valence-corrected chi connectivity index (χ2v) is 8.52. The summed E-state index contributed by atoms with van der Waals surface area (Å²) >= 11 is 0. The van der Waals surface area contributed by atoms with Gasteiger partial charge in [-0.05, 0) is 67.1 Å². The van der Waals surface area contributed by atoms with Crippen LogP contribution in [0.1, 0.15) is 22.8 Å². The highest BCUT2D eigenvalue weighted by molar-refractivity contribution is 6.07. The van der Waals surface area contributed by atoms with E-state index in [4.69, 9.17) is 18.9 Å². The zero-order valence-corrected chi connectivity index (χ0v) is 21.6. The van der Waals surface area contributed by atoms with Crippen molar-refractivity contribution in [3.8, 4) is 17.2 Å². The molecule has 8 nitrogen and oxygen atoms in total. The van der Waals surface area contributed by atoms with E-state index in [0.717, 1.165) is 24.3 Å². The minimum absolute atomic E-state index is 0.0928. The molecule has 0 spiro atoms. The van der Waals surface area contributed by atoms with Crippen molar-refractivity contribution in [2.24, 2.45) is 0 Å². The fourth-order valence-electron chi connectivity index (χ4n) is 4.02. The number of morpholine rings is 1. The molecular weight excluding hydrogens is 484 g/mol. The van der Waals surface area contributed by atoms with Gasteiger partial charge in [-0.3, -0.25) is 9.59 Å². The summed E-state index contributed by atoms with van der Waals surface area (Å²) in [5.41, 5.74) is 3.04. The molecule has 0 aliphatic carbocycles. The molecule has 1 heterocycles. The number of methoxy groups -OCH3 is 1. The summed E-state index contributed by atoms with van der Waals surface area (Å²) in [6, 6.07) is 20.1. The lowest BCUT2D eigenvalue weighted by atomic mass is 10.1. The number of amides is 1. The van der Waals surface area contributed by atoms with Gasteiger partial charge in [0.25, 0.3) is 5.91 Å². The summed E-state index contributed by atoms with van der Waals surface area (Å²) in [7, 11) is 1.54. The number of benzene rings is 3. The zero-order chi connectivity index (χ0) is 26.7. The van der Waals surface area contributed by atoms with Crippen molar-refractivity contribution < 1.29 is 28.5 Å². The van der Waals surface area contributed by atoms with Gasteiger partial charge in [0, 0.05) is 24.3 Å². The van der Waals surface area contributed by atoms with E-state index in [0.29, 0.717) is 48.3 Å². The Kier molecular flexibility index (Phi) is 9.37. The van der Waals surface area contributed by atoms with Crippen molar-refractivity contribution in [1.29, 1.82) is 0 Å². The maximum absolute atomic E-state index is 12.7. The molecule has 198 valence electrons. The van der Waals surface area contributed by atoms with E-state index >= 15 is 0 Å². The number of hydrogen-bond acceptors (Lipinski definition) is 7. The molecule has 3 aromatic carbocycles. The van der Waals surface area contributed by atoms with Gasteiger partial charge in [-0.15, -0.1) is 0 Å². The molecule has 1 aliphatic rings. The van der Waals surface area contributed by atoms with Gasteiger partial charge < -0.3 is 29.2 Å². The molecule has 1 fully saturated rings. The molecule has 0 saturated carbocycles. The van der Waals surface area contributed by atoms with E-state index in [1.54, 1.807) is 43.5 Å². The molecule has 1 saturated heterocycles. The van der Waals surface area contributed by atoms with E-state index in [-0.39, 0.29) is 18.3 Å². The van der Waals surface area contributed by atoms with E-state index in [2.05, 4.69) is 10.2 Å². The number of para-hydroxylation sites is 2. The smallest absolute Gasteiger partial charge is 0.262 e. The predicted molar refractivity (Wildman–Crippen MR) is 148 cm³/mol. The van der Waals surface area contributed by atoms with Crippen LogP contribution in [-0.4, -0.2) is 58.3 Å². The molecule has 0 unspecified atom stereocenters. The van der Waals surface area contributed by atoms with Gasteiger partial charge in [0.05, 0.1) is 32.6 Å². The quantitative estimate of drug-likeness (QED) is 0.288. The highest BCUT2D eigenvalue weighted by Gasteiger charge is 2.13. The average Bonchev–Trinajstić information content (AvgIpc) is 2.96. The number of nitrogens with zero attached hydrogens (tertiary/aromatic N) is 1. The highest BCUT2D eigenvalue weighted by Crippen LogP contribution is 2.29. The minimum Gasteiger partial charge on any atom is -0.495 e. The predicted octanol–water partition coefficient (Wildman–Crippen LogP) is 4.84. The first kappa shape index (κ1) is 26.8. The largest absolute Gasteiger partial charge is 0.495 e. The van der Waals surface area contributed by atoms with Gasteiger partial charge in [0.2, 0.25) is 0 Å². The number of nitrogens with one attached hydrogen (secondary N) is 1. The lowest BCUT2D eigenvalue weighted by Crippen LogP contribution is -2.36. The molecule has 1 aliphatic heterocycles. The van der Waals surface area contributed by atoms with Crippen LogP contribution in [0, 0.1) is 0 Å². The van der Waals surface area contributed by atoms with Crippen molar-refractivity contribution in [1.82, 2.24) is 0 Å². The zero-order valence-electron chi connectivity index (χ0n) is 21.6. The van der Waals surface area contributed by atoms with Crippen LogP contribution in [-0.2, 0) is 9.53 Å². The number of allylic oxidation sites excluding steroid dienone is 1. The SMILES string of the molecule is CCOc1cc(/C=C/C(=O)c2ccc(N3CCOCC3)cc2)ccc1OCC(=O)Nc1ccccc1OC. The number of carbonyl (C=O) groups is 2. The fourth-order valence-corrected chi connectivity index (χ4v) is 4.02. The minimum atomic E-state index is -0.328. The fraction of sp³-hybridized carbons (Fsp3) is 0.267. The average molecular weight is 517 g/mol. The summed E-state index contributed by atoms with van der Waals surface area (Å²) < 4.78 is 22.1. The van der Waals surface area contributed by atoms with Crippen molar-refractivity contribution in [2.75, 3.05) is 56.8 Å². The summed E-state index contributed by atoms with van der Waals surface area (Å²) in [6.07, 6.45) is 3.27. The first-order valence-electron chi connectivity index (χ1n) is 12.5. The van der Waals surface area contributed by atoms with Gasteiger partial charge in [0.15, 0.2) is 23.9 Å². The van der Waals surface area contributed by atoms with Crippen LogP contribution >= 0.6 is 0 Å². The summed E-state index contributed by atoms with van der Waals surface area (Å²) in [5, 5.41) is 2.78. The van der Waals surface area contributed by atoms with Gasteiger partial charge in [-0.1, -0.05) is 24.3 Å². The first-order valence-corrected chi connectivity index (χ1v) is 12.5.